The molecule has 1 radical (unpaired) electrons. The van der Waals surface area contributed by atoms with Crippen molar-refractivity contribution in [1.82, 2.24) is 0 Å². The van der Waals surface area contributed by atoms with E-state index >= 15 is 0 Å². The molecule has 0 aliphatic heterocycles. The smallest absolute Gasteiger partial charge is 0.181 e. The van der Waals surface area contributed by atoms with Crippen LogP contribution in [0.1, 0.15) is 18.6 Å². The maximum absolute atomic E-state index is 10.1. The van der Waals surface area contributed by atoms with Crippen molar-refractivity contribution in [1.29, 1.82) is 0 Å². The fraction of sp³-hybridized carbons (Fsp3) is 0.333. The molecule has 1 aromatic rings. The van der Waals surface area contributed by atoms with Gasteiger partial charge in [-0.25, -0.2) is 5.11 Å². The summed E-state index contributed by atoms with van der Waals surface area (Å²) < 4.78 is 4.87. The highest BCUT2D eigenvalue weighted by Gasteiger charge is 2.02. The summed E-state index contributed by atoms with van der Waals surface area (Å²) in [6.07, 6.45) is -0.0892. The lowest BCUT2D eigenvalue weighted by atomic mass is 10.1. The molecular formula is C9H11O2. The number of hydrogen-bond donors (Lipinski definition) is 0. The molecule has 0 heterocycles. The minimum Gasteiger partial charge on any atom is -0.345 e. The molecule has 0 aliphatic rings. The van der Waals surface area contributed by atoms with Crippen molar-refractivity contribution >= 4 is 0 Å². The highest BCUT2D eigenvalue weighted by atomic mass is 16.6. The van der Waals surface area contributed by atoms with E-state index in [1.807, 2.05) is 37.3 Å². The fourth-order valence-corrected chi connectivity index (χ4v) is 0.922. The van der Waals surface area contributed by atoms with E-state index in [1.165, 1.54) is 0 Å². The van der Waals surface area contributed by atoms with Gasteiger partial charge in [-0.05, 0) is 12.5 Å². The van der Waals surface area contributed by atoms with Gasteiger partial charge in [0.05, 0.1) is 6.10 Å². The molecular weight excluding hydrogens is 140 g/mol. The monoisotopic (exact) mass is 151 g/mol. The predicted molar refractivity (Wildman–Crippen MR) is 41.5 cm³/mol. The zero-order chi connectivity index (χ0) is 8.10. The predicted octanol–water partition coefficient (Wildman–Crippen LogP) is 2.15. The highest BCUT2D eigenvalue weighted by molar-refractivity contribution is 5.16. The van der Waals surface area contributed by atoms with Crippen molar-refractivity contribution in [3.05, 3.63) is 35.9 Å². The number of hydrogen-bond acceptors (Lipinski definition) is 1. The summed E-state index contributed by atoms with van der Waals surface area (Å²) >= 11 is 0. The maximum Gasteiger partial charge on any atom is 0.181 e. The van der Waals surface area contributed by atoms with Gasteiger partial charge in [-0.3, -0.25) is 0 Å². The van der Waals surface area contributed by atoms with E-state index < -0.39 is 6.79 Å². The van der Waals surface area contributed by atoms with Gasteiger partial charge in [-0.2, -0.15) is 0 Å². The van der Waals surface area contributed by atoms with E-state index in [-0.39, 0.29) is 6.10 Å². The molecule has 1 aromatic carbocycles. The summed E-state index contributed by atoms with van der Waals surface area (Å²) in [5.74, 6) is 0. The van der Waals surface area contributed by atoms with Crippen LogP contribution in [0.4, 0.5) is 0 Å². The van der Waals surface area contributed by atoms with Crippen LogP contribution in [0.2, 0.25) is 0 Å². The second kappa shape index (κ2) is 4.11. The van der Waals surface area contributed by atoms with Crippen molar-refractivity contribution in [2.75, 3.05) is 6.79 Å². The Hall–Kier alpha value is -0.860. The Labute approximate surface area is 66.4 Å². The van der Waals surface area contributed by atoms with Crippen LogP contribution in [-0.2, 0) is 9.84 Å². The first-order valence-corrected chi connectivity index (χ1v) is 3.59. The minimum atomic E-state index is -0.476. The van der Waals surface area contributed by atoms with Crippen LogP contribution in [0, 0.1) is 0 Å². The van der Waals surface area contributed by atoms with Crippen LogP contribution in [0.3, 0.4) is 0 Å². The van der Waals surface area contributed by atoms with Gasteiger partial charge in [0.15, 0.2) is 6.79 Å². The van der Waals surface area contributed by atoms with Crippen molar-refractivity contribution < 1.29 is 9.84 Å². The number of rotatable bonds is 3. The molecule has 0 saturated carbocycles. The average molecular weight is 151 g/mol. The zero-order valence-electron chi connectivity index (χ0n) is 6.49. The molecule has 1 atom stereocenters. The lowest BCUT2D eigenvalue weighted by Crippen LogP contribution is -1.99. The van der Waals surface area contributed by atoms with E-state index in [2.05, 4.69) is 0 Å². The average Bonchev–Trinajstić information content (AvgIpc) is 2.07. The van der Waals surface area contributed by atoms with Crippen LogP contribution < -0.4 is 0 Å². The minimum absolute atomic E-state index is 0.0892. The van der Waals surface area contributed by atoms with Crippen LogP contribution in [0.15, 0.2) is 30.3 Å². The van der Waals surface area contributed by atoms with Crippen molar-refractivity contribution in [2.45, 2.75) is 13.0 Å². The Morgan fingerprint density at radius 2 is 2.00 bits per heavy atom. The van der Waals surface area contributed by atoms with E-state index in [1.54, 1.807) is 0 Å². The van der Waals surface area contributed by atoms with E-state index in [0.29, 0.717) is 0 Å². The first kappa shape index (κ1) is 8.24. The topological polar surface area (TPSA) is 29.1 Å². The van der Waals surface area contributed by atoms with Crippen molar-refractivity contribution in [2.24, 2.45) is 0 Å². The maximum atomic E-state index is 10.1. The molecule has 2 heteroatoms. The summed E-state index contributed by atoms with van der Waals surface area (Å²) in [5, 5.41) is 10.1. The molecule has 0 fully saturated rings. The molecule has 0 amide bonds. The third-order valence-electron chi connectivity index (χ3n) is 1.59. The second-order valence-electron chi connectivity index (χ2n) is 2.34. The Kier molecular flexibility index (Phi) is 3.08. The lowest BCUT2D eigenvalue weighted by Gasteiger charge is -2.09. The SMILES string of the molecule is CC(OC[O])c1ccccc1. The number of benzene rings is 1. The van der Waals surface area contributed by atoms with Gasteiger partial charge in [-0.1, -0.05) is 30.3 Å². The van der Waals surface area contributed by atoms with Gasteiger partial charge < -0.3 is 4.74 Å². The Morgan fingerprint density at radius 1 is 1.36 bits per heavy atom. The molecule has 0 spiro atoms. The van der Waals surface area contributed by atoms with Crippen LogP contribution in [-0.4, -0.2) is 6.79 Å². The van der Waals surface area contributed by atoms with Gasteiger partial charge in [0, 0.05) is 0 Å². The van der Waals surface area contributed by atoms with Crippen LogP contribution in [0.5, 0.6) is 0 Å². The van der Waals surface area contributed by atoms with Gasteiger partial charge in [0.2, 0.25) is 0 Å². The fourth-order valence-electron chi connectivity index (χ4n) is 0.922. The summed E-state index contributed by atoms with van der Waals surface area (Å²) in [4.78, 5) is 0. The molecule has 2 nitrogen and oxygen atoms in total. The van der Waals surface area contributed by atoms with E-state index in [9.17, 15) is 5.11 Å². The molecule has 11 heavy (non-hydrogen) atoms. The Bertz CT molecular complexity index is 196. The lowest BCUT2D eigenvalue weighted by molar-refractivity contribution is -0.0789. The molecule has 0 aliphatic carbocycles. The molecule has 1 rings (SSSR count). The Morgan fingerprint density at radius 3 is 2.55 bits per heavy atom. The molecule has 0 aromatic heterocycles. The summed E-state index contributed by atoms with van der Waals surface area (Å²) in [5.41, 5.74) is 1.04. The molecule has 59 valence electrons. The molecule has 0 saturated heterocycles. The normalized spacial score (nSPS) is 12.9. The van der Waals surface area contributed by atoms with Gasteiger partial charge in [0.1, 0.15) is 0 Å². The van der Waals surface area contributed by atoms with Gasteiger partial charge in [-0.15, -0.1) is 0 Å². The third kappa shape index (κ3) is 2.33. The third-order valence-corrected chi connectivity index (χ3v) is 1.59. The quantitative estimate of drug-likeness (QED) is 0.608. The first-order chi connectivity index (χ1) is 5.34. The molecule has 0 bridgehead atoms. The standard InChI is InChI=1S/C9H11O2/c1-8(11-7-10)9-5-3-2-4-6-9/h2-6,8H,7H2,1H3. The second-order valence-corrected chi connectivity index (χ2v) is 2.34. The summed E-state index contributed by atoms with van der Waals surface area (Å²) in [7, 11) is 0. The van der Waals surface area contributed by atoms with Gasteiger partial charge in [0.25, 0.3) is 0 Å². The van der Waals surface area contributed by atoms with E-state index in [0.717, 1.165) is 5.56 Å². The van der Waals surface area contributed by atoms with E-state index in [4.69, 9.17) is 4.74 Å². The van der Waals surface area contributed by atoms with Crippen LogP contribution >= 0.6 is 0 Å². The Balaban J connectivity index is 2.61. The first-order valence-electron chi connectivity index (χ1n) is 3.59. The molecule has 1 unspecified atom stereocenters. The largest absolute Gasteiger partial charge is 0.345 e. The van der Waals surface area contributed by atoms with Crippen molar-refractivity contribution in [3.63, 3.8) is 0 Å². The number of ether oxygens (including phenoxy) is 1. The summed E-state index contributed by atoms with van der Waals surface area (Å²) in [6.45, 7) is 1.39. The van der Waals surface area contributed by atoms with Gasteiger partial charge >= 0.3 is 0 Å². The molecule has 0 N–H and O–H groups in total. The van der Waals surface area contributed by atoms with Crippen molar-refractivity contribution in [3.8, 4) is 0 Å². The van der Waals surface area contributed by atoms with Crippen LogP contribution in [0.25, 0.3) is 0 Å². The zero-order valence-corrected chi connectivity index (χ0v) is 6.49. The summed E-state index contributed by atoms with van der Waals surface area (Å²) in [6, 6.07) is 9.69. The highest BCUT2D eigenvalue weighted by Crippen LogP contribution is 2.14.